The summed E-state index contributed by atoms with van der Waals surface area (Å²) in [5.41, 5.74) is 0.799. The number of hydrogen-bond acceptors (Lipinski definition) is 8. The number of rotatable bonds is 7. The number of hydrogen-bond donors (Lipinski definition) is 1. The van der Waals surface area contributed by atoms with Crippen LogP contribution in [0.4, 0.5) is 6.01 Å². The van der Waals surface area contributed by atoms with Crippen molar-refractivity contribution in [3.63, 3.8) is 0 Å². The average molecular weight is 387 g/mol. The van der Waals surface area contributed by atoms with Crippen LogP contribution in [0.15, 0.2) is 28.8 Å². The van der Waals surface area contributed by atoms with Gasteiger partial charge in [0, 0.05) is 17.8 Å². The molecule has 1 amide bonds. The third kappa shape index (κ3) is 3.75. The first-order valence-electron chi connectivity index (χ1n) is 8.47. The minimum Gasteiger partial charge on any atom is -0.493 e. The Labute approximate surface area is 161 Å². The number of amides is 1. The largest absolute Gasteiger partial charge is 0.493 e. The van der Waals surface area contributed by atoms with Crippen LogP contribution in [0.5, 0.6) is 17.2 Å². The Morgan fingerprint density at radius 3 is 2.32 bits per heavy atom. The number of anilines is 1. The van der Waals surface area contributed by atoms with Gasteiger partial charge in [-0.05, 0) is 32.0 Å². The van der Waals surface area contributed by atoms with Crippen molar-refractivity contribution in [1.29, 1.82) is 0 Å². The van der Waals surface area contributed by atoms with Crippen molar-refractivity contribution in [2.45, 2.75) is 19.9 Å². The first-order chi connectivity index (χ1) is 13.5. The molecule has 1 N–H and O–H groups in total. The molecule has 3 aromatic rings. The highest BCUT2D eigenvalue weighted by atomic mass is 16.5. The van der Waals surface area contributed by atoms with E-state index in [9.17, 15) is 4.79 Å². The van der Waals surface area contributed by atoms with Gasteiger partial charge in [-0.2, -0.15) is 5.10 Å². The summed E-state index contributed by atoms with van der Waals surface area (Å²) in [6, 6.07) is 4.97. The van der Waals surface area contributed by atoms with Crippen molar-refractivity contribution in [2.75, 3.05) is 26.6 Å². The van der Waals surface area contributed by atoms with Gasteiger partial charge >= 0.3 is 6.01 Å². The van der Waals surface area contributed by atoms with E-state index in [0.717, 1.165) is 0 Å². The molecule has 0 aliphatic carbocycles. The van der Waals surface area contributed by atoms with Gasteiger partial charge in [0.05, 0.1) is 21.3 Å². The minimum absolute atomic E-state index is 0.0483. The second-order valence-electron chi connectivity index (χ2n) is 6.06. The molecule has 0 unspecified atom stereocenters. The van der Waals surface area contributed by atoms with E-state index in [1.54, 1.807) is 10.7 Å². The van der Waals surface area contributed by atoms with Crippen molar-refractivity contribution in [3.8, 4) is 28.8 Å². The summed E-state index contributed by atoms with van der Waals surface area (Å²) in [5, 5.41) is 14.7. The summed E-state index contributed by atoms with van der Waals surface area (Å²) >= 11 is 0. The zero-order chi connectivity index (χ0) is 20.3. The van der Waals surface area contributed by atoms with Gasteiger partial charge < -0.3 is 18.6 Å². The van der Waals surface area contributed by atoms with E-state index < -0.39 is 5.91 Å². The Hall–Kier alpha value is -3.56. The first-order valence-corrected chi connectivity index (χ1v) is 8.47. The predicted octanol–water partition coefficient (Wildman–Crippen LogP) is 2.79. The van der Waals surface area contributed by atoms with Gasteiger partial charge in [-0.15, -0.1) is 5.10 Å². The summed E-state index contributed by atoms with van der Waals surface area (Å²) in [7, 11) is 4.43. The lowest BCUT2D eigenvalue weighted by atomic mass is 10.1. The highest BCUT2D eigenvalue weighted by molar-refractivity contribution is 6.04. The van der Waals surface area contributed by atoms with E-state index in [1.165, 1.54) is 33.5 Å². The summed E-state index contributed by atoms with van der Waals surface area (Å²) in [4.78, 5) is 12.6. The normalized spacial score (nSPS) is 10.8. The molecule has 0 aliphatic rings. The van der Waals surface area contributed by atoms with E-state index >= 15 is 0 Å². The van der Waals surface area contributed by atoms with Gasteiger partial charge in [0.2, 0.25) is 5.75 Å². The SMILES string of the molecule is COc1cc(C(=O)Nc2nnc(-c3ccn(C(C)C)n3)o2)cc(OC)c1OC. The number of nitrogens with one attached hydrogen (secondary N) is 1. The zero-order valence-corrected chi connectivity index (χ0v) is 16.2. The summed E-state index contributed by atoms with van der Waals surface area (Å²) < 4.78 is 23.0. The van der Waals surface area contributed by atoms with Crippen molar-refractivity contribution >= 4 is 11.9 Å². The van der Waals surface area contributed by atoms with Crippen molar-refractivity contribution in [1.82, 2.24) is 20.0 Å². The second kappa shape index (κ2) is 7.99. The molecule has 2 aromatic heterocycles. The van der Waals surface area contributed by atoms with Crippen LogP contribution >= 0.6 is 0 Å². The molecular formula is C18H21N5O5. The smallest absolute Gasteiger partial charge is 0.322 e. The molecule has 10 heteroatoms. The standard InChI is InChI=1S/C18H21N5O5/c1-10(2)23-7-6-12(22-23)17-20-21-18(28-17)19-16(24)11-8-13(25-3)15(27-5)14(9-11)26-4/h6-10H,1-5H3,(H,19,21,24). The van der Waals surface area contributed by atoms with E-state index in [1.807, 2.05) is 20.0 Å². The number of carbonyl (C=O) groups is 1. The number of nitrogens with zero attached hydrogens (tertiary/aromatic N) is 4. The third-order valence-corrected chi connectivity index (χ3v) is 3.93. The fraction of sp³-hybridized carbons (Fsp3) is 0.333. The zero-order valence-electron chi connectivity index (χ0n) is 16.2. The maximum Gasteiger partial charge on any atom is 0.322 e. The van der Waals surface area contributed by atoms with Gasteiger partial charge in [0.1, 0.15) is 5.69 Å². The van der Waals surface area contributed by atoms with E-state index in [2.05, 4.69) is 20.6 Å². The maximum atomic E-state index is 12.6. The van der Waals surface area contributed by atoms with Crippen molar-refractivity contribution in [3.05, 3.63) is 30.0 Å². The first kappa shape index (κ1) is 19.2. The van der Waals surface area contributed by atoms with Crippen LogP contribution in [0.3, 0.4) is 0 Å². The molecule has 0 radical (unpaired) electrons. The second-order valence-corrected chi connectivity index (χ2v) is 6.06. The van der Waals surface area contributed by atoms with Crippen LogP contribution in [0.2, 0.25) is 0 Å². The molecule has 0 saturated carbocycles. The molecule has 0 fully saturated rings. The molecular weight excluding hydrogens is 366 g/mol. The van der Waals surface area contributed by atoms with Crippen LogP contribution < -0.4 is 19.5 Å². The topological polar surface area (TPSA) is 114 Å². The lowest BCUT2D eigenvalue weighted by molar-refractivity contribution is 0.102. The number of aromatic nitrogens is 4. The Balaban J connectivity index is 1.81. The van der Waals surface area contributed by atoms with Crippen LogP contribution in [0, 0.1) is 0 Å². The molecule has 28 heavy (non-hydrogen) atoms. The Morgan fingerprint density at radius 2 is 1.79 bits per heavy atom. The monoisotopic (exact) mass is 387 g/mol. The number of benzene rings is 1. The Kier molecular flexibility index (Phi) is 5.48. The summed E-state index contributed by atoms with van der Waals surface area (Å²) in [6.07, 6.45) is 1.82. The van der Waals surface area contributed by atoms with E-state index in [0.29, 0.717) is 22.9 Å². The quantitative estimate of drug-likeness (QED) is 0.658. The molecule has 0 atom stereocenters. The van der Waals surface area contributed by atoms with E-state index in [-0.39, 0.29) is 23.5 Å². The fourth-order valence-corrected chi connectivity index (χ4v) is 2.50. The third-order valence-electron chi connectivity index (χ3n) is 3.93. The van der Waals surface area contributed by atoms with Crippen LogP contribution in [0.1, 0.15) is 30.2 Å². The van der Waals surface area contributed by atoms with Crippen LogP contribution in [-0.2, 0) is 0 Å². The molecule has 148 valence electrons. The van der Waals surface area contributed by atoms with Gasteiger partial charge in [0.15, 0.2) is 11.5 Å². The van der Waals surface area contributed by atoms with Crippen LogP contribution in [0.25, 0.3) is 11.6 Å². The van der Waals surface area contributed by atoms with E-state index in [4.69, 9.17) is 18.6 Å². The average Bonchev–Trinajstić information content (AvgIpc) is 3.36. The highest BCUT2D eigenvalue weighted by Gasteiger charge is 2.19. The lowest BCUT2D eigenvalue weighted by Crippen LogP contribution is -2.13. The minimum atomic E-state index is -0.470. The Bertz CT molecular complexity index is 953. The molecule has 1 aromatic carbocycles. The fourth-order valence-electron chi connectivity index (χ4n) is 2.50. The molecule has 0 saturated heterocycles. The van der Waals surface area contributed by atoms with Crippen LogP contribution in [-0.4, -0.2) is 47.2 Å². The lowest BCUT2D eigenvalue weighted by Gasteiger charge is -2.13. The van der Waals surface area contributed by atoms with Crippen molar-refractivity contribution < 1.29 is 23.4 Å². The highest BCUT2D eigenvalue weighted by Crippen LogP contribution is 2.38. The predicted molar refractivity (Wildman–Crippen MR) is 100.0 cm³/mol. The molecule has 2 heterocycles. The number of carbonyl (C=O) groups excluding carboxylic acids is 1. The molecule has 0 aliphatic heterocycles. The summed E-state index contributed by atoms with van der Waals surface area (Å²) in [6.45, 7) is 4.02. The molecule has 10 nitrogen and oxygen atoms in total. The van der Waals surface area contributed by atoms with Gasteiger partial charge in [-0.1, -0.05) is 5.10 Å². The van der Waals surface area contributed by atoms with Gasteiger partial charge in [-0.25, -0.2) is 0 Å². The van der Waals surface area contributed by atoms with Crippen molar-refractivity contribution in [2.24, 2.45) is 0 Å². The molecule has 0 spiro atoms. The van der Waals surface area contributed by atoms with Gasteiger partial charge in [0.25, 0.3) is 11.8 Å². The Morgan fingerprint density at radius 1 is 1.11 bits per heavy atom. The van der Waals surface area contributed by atoms with Gasteiger partial charge in [-0.3, -0.25) is 14.8 Å². The maximum absolute atomic E-state index is 12.6. The number of methoxy groups -OCH3 is 3. The number of ether oxygens (including phenoxy) is 3. The molecule has 0 bridgehead atoms. The summed E-state index contributed by atoms with van der Waals surface area (Å²) in [5.74, 6) is 0.846. The molecule has 3 rings (SSSR count).